The fraction of sp³-hybridized carbons (Fsp3) is 0.429. The van der Waals surface area contributed by atoms with E-state index in [2.05, 4.69) is 32.7 Å². The quantitative estimate of drug-likeness (QED) is 0.842. The molecule has 1 amide bonds. The molecule has 7 nitrogen and oxygen atoms in total. The van der Waals surface area contributed by atoms with Gasteiger partial charge in [-0.25, -0.2) is 4.98 Å². The van der Waals surface area contributed by atoms with Crippen molar-refractivity contribution in [2.45, 2.75) is 33.7 Å². The van der Waals surface area contributed by atoms with Gasteiger partial charge in [0.05, 0.1) is 6.54 Å². The first-order valence-electron chi connectivity index (χ1n) is 6.88. The number of nitrogens with zero attached hydrogens (tertiary/aromatic N) is 3. The second-order valence-electron chi connectivity index (χ2n) is 4.73. The Morgan fingerprint density at radius 3 is 2.76 bits per heavy atom. The van der Waals surface area contributed by atoms with Gasteiger partial charge in [-0.1, -0.05) is 12.1 Å². The smallest absolute Gasteiger partial charge is 0.251 e. The van der Waals surface area contributed by atoms with E-state index in [4.69, 9.17) is 4.52 Å². The minimum absolute atomic E-state index is 0.198. The first kappa shape index (κ1) is 15.0. The fourth-order valence-corrected chi connectivity index (χ4v) is 1.81. The molecule has 112 valence electrons. The fourth-order valence-electron chi connectivity index (χ4n) is 1.81. The lowest BCUT2D eigenvalue weighted by Crippen LogP contribution is -2.23. The molecule has 0 radical (unpaired) electrons. The van der Waals surface area contributed by atoms with Gasteiger partial charge in [-0.3, -0.25) is 4.79 Å². The summed E-state index contributed by atoms with van der Waals surface area (Å²) in [4.78, 5) is 20.5. The number of amides is 1. The number of carbonyl (C=O) groups is 1. The van der Waals surface area contributed by atoms with Gasteiger partial charge in [0.2, 0.25) is 5.89 Å². The van der Waals surface area contributed by atoms with Crippen molar-refractivity contribution >= 4 is 11.7 Å². The van der Waals surface area contributed by atoms with Crippen molar-refractivity contribution in [3.8, 4) is 0 Å². The van der Waals surface area contributed by atoms with Crippen molar-refractivity contribution in [3.05, 3.63) is 35.1 Å². The molecule has 21 heavy (non-hydrogen) atoms. The van der Waals surface area contributed by atoms with Crippen LogP contribution in [-0.4, -0.2) is 27.6 Å². The molecule has 2 aromatic heterocycles. The molecule has 0 saturated heterocycles. The van der Waals surface area contributed by atoms with Crippen LogP contribution in [0.15, 0.2) is 16.7 Å². The Morgan fingerprint density at radius 1 is 1.29 bits per heavy atom. The highest BCUT2D eigenvalue weighted by Gasteiger charge is 2.10. The van der Waals surface area contributed by atoms with Crippen LogP contribution in [0.25, 0.3) is 0 Å². The van der Waals surface area contributed by atoms with Crippen molar-refractivity contribution < 1.29 is 9.32 Å². The number of anilines is 1. The molecule has 0 saturated carbocycles. The second-order valence-corrected chi connectivity index (χ2v) is 4.73. The van der Waals surface area contributed by atoms with Crippen LogP contribution in [0.4, 0.5) is 5.82 Å². The lowest BCUT2D eigenvalue weighted by Gasteiger charge is -2.08. The summed E-state index contributed by atoms with van der Waals surface area (Å²) in [5.74, 6) is 1.44. The predicted molar refractivity (Wildman–Crippen MR) is 78.0 cm³/mol. The topological polar surface area (TPSA) is 92.9 Å². The molecule has 2 heterocycles. The normalized spacial score (nSPS) is 10.4. The second kappa shape index (κ2) is 6.83. The van der Waals surface area contributed by atoms with Crippen LogP contribution in [0.5, 0.6) is 0 Å². The molecule has 2 aromatic rings. The predicted octanol–water partition coefficient (Wildman–Crippen LogP) is 1.83. The van der Waals surface area contributed by atoms with Gasteiger partial charge in [-0.15, -0.1) is 0 Å². The first-order chi connectivity index (χ1) is 10.1. The molecule has 2 N–H and O–H groups in total. The molecule has 0 aromatic carbocycles. The van der Waals surface area contributed by atoms with Crippen LogP contribution in [0.2, 0.25) is 0 Å². The zero-order valence-electron chi connectivity index (χ0n) is 12.4. The summed E-state index contributed by atoms with van der Waals surface area (Å²) in [7, 11) is 0. The van der Waals surface area contributed by atoms with E-state index in [0.717, 1.165) is 18.7 Å². The number of nitrogens with one attached hydrogen (secondary N) is 2. The number of hydrogen-bond acceptors (Lipinski definition) is 6. The summed E-state index contributed by atoms with van der Waals surface area (Å²) < 4.78 is 4.95. The lowest BCUT2D eigenvalue weighted by atomic mass is 10.2. The minimum atomic E-state index is -0.198. The number of aryl methyl sites for hydroxylation is 2. The van der Waals surface area contributed by atoms with Crippen molar-refractivity contribution in [1.29, 1.82) is 0 Å². The minimum Gasteiger partial charge on any atom is -0.370 e. The maximum Gasteiger partial charge on any atom is 0.251 e. The molecule has 0 spiro atoms. The zero-order valence-corrected chi connectivity index (χ0v) is 12.4. The lowest BCUT2D eigenvalue weighted by molar-refractivity contribution is 0.0946. The van der Waals surface area contributed by atoms with E-state index in [-0.39, 0.29) is 12.5 Å². The third-order valence-corrected chi connectivity index (χ3v) is 2.74. The van der Waals surface area contributed by atoms with E-state index in [0.29, 0.717) is 23.1 Å². The van der Waals surface area contributed by atoms with Gasteiger partial charge in [-0.2, -0.15) is 4.98 Å². The molecular weight excluding hydrogens is 270 g/mol. The van der Waals surface area contributed by atoms with E-state index in [9.17, 15) is 4.79 Å². The van der Waals surface area contributed by atoms with Gasteiger partial charge >= 0.3 is 0 Å². The Balaban J connectivity index is 2.02. The largest absolute Gasteiger partial charge is 0.370 e. The molecule has 0 unspecified atom stereocenters. The van der Waals surface area contributed by atoms with Crippen LogP contribution in [0, 0.1) is 13.8 Å². The van der Waals surface area contributed by atoms with Gasteiger partial charge < -0.3 is 15.2 Å². The Labute approximate surface area is 123 Å². The van der Waals surface area contributed by atoms with Crippen LogP contribution in [-0.2, 0) is 6.54 Å². The summed E-state index contributed by atoms with van der Waals surface area (Å²) >= 11 is 0. The molecule has 0 aliphatic carbocycles. The van der Waals surface area contributed by atoms with Gasteiger partial charge in [0.25, 0.3) is 5.91 Å². The Morgan fingerprint density at radius 2 is 2.10 bits per heavy atom. The number of aromatic nitrogens is 3. The van der Waals surface area contributed by atoms with E-state index in [1.165, 1.54) is 0 Å². The highest BCUT2D eigenvalue weighted by Crippen LogP contribution is 2.10. The molecule has 0 bridgehead atoms. The molecule has 0 fully saturated rings. The number of rotatable bonds is 6. The third-order valence-electron chi connectivity index (χ3n) is 2.74. The highest BCUT2D eigenvalue weighted by atomic mass is 16.5. The summed E-state index contributed by atoms with van der Waals surface area (Å²) in [5.41, 5.74) is 1.34. The van der Waals surface area contributed by atoms with E-state index in [1.54, 1.807) is 19.1 Å². The maximum absolute atomic E-state index is 12.1. The molecule has 0 aliphatic heterocycles. The summed E-state index contributed by atoms with van der Waals surface area (Å²) in [6.07, 6.45) is 0.994. The molecule has 2 rings (SSSR count). The number of hydrogen-bond donors (Lipinski definition) is 2. The van der Waals surface area contributed by atoms with Crippen molar-refractivity contribution in [2.24, 2.45) is 0 Å². The van der Waals surface area contributed by atoms with E-state index < -0.39 is 0 Å². The Hall–Kier alpha value is -2.44. The summed E-state index contributed by atoms with van der Waals surface area (Å²) in [6.45, 7) is 6.68. The summed E-state index contributed by atoms with van der Waals surface area (Å²) in [5, 5.41) is 9.60. The van der Waals surface area contributed by atoms with Gasteiger partial charge in [0, 0.05) is 17.8 Å². The summed E-state index contributed by atoms with van der Waals surface area (Å²) in [6, 6.07) is 3.47. The molecule has 0 atom stereocenters. The number of pyridine rings is 1. The molecule has 0 aliphatic rings. The van der Waals surface area contributed by atoms with Crippen molar-refractivity contribution in [1.82, 2.24) is 20.4 Å². The van der Waals surface area contributed by atoms with Crippen LogP contribution < -0.4 is 10.6 Å². The Kier molecular flexibility index (Phi) is 4.86. The SMILES string of the molecule is CCCNc1cc(C(=O)NCc2nc(C)no2)cc(C)n1. The average molecular weight is 289 g/mol. The first-order valence-corrected chi connectivity index (χ1v) is 6.88. The molecular formula is C14H19N5O2. The van der Waals surface area contributed by atoms with Crippen LogP contribution in [0.3, 0.4) is 0 Å². The van der Waals surface area contributed by atoms with Gasteiger partial charge in [0.1, 0.15) is 5.82 Å². The Bertz CT molecular complexity index is 624. The third kappa shape index (κ3) is 4.27. The van der Waals surface area contributed by atoms with Crippen molar-refractivity contribution in [3.63, 3.8) is 0 Å². The molecule has 7 heteroatoms. The van der Waals surface area contributed by atoms with Gasteiger partial charge in [0.15, 0.2) is 5.82 Å². The monoisotopic (exact) mass is 289 g/mol. The zero-order chi connectivity index (χ0) is 15.2. The number of carbonyl (C=O) groups excluding carboxylic acids is 1. The van der Waals surface area contributed by atoms with E-state index >= 15 is 0 Å². The van der Waals surface area contributed by atoms with E-state index in [1.807, 2.05) is 6.92 Å². The highest BCUT2D eigenvalue weighted by molar-refractivity contribution is 5.94. The van der Waals surface area contributed by atoms with Crippen molar-refractivity contribution in [2.75, 3.05) is 11.9 Å². The average Bonchev–Trinajstić information content (AvgIpc) is 2.87. The van der Waals surface area contributed by atoms with Crippen LogP contribution in [0.1, 0.15) is 41.1 Å². The van der Waals surface area contributed by atoms with Crippen LogP contribution >= 0.6 is 0 Å². The standard InChI is InChI=1S/C14H19N5O2/c1-4-5-15-12-7-11(6-9(2)17-12)14(20)16-8-13-18-10(3)19-21-13/h6-7H,4-5,8H2,1-3H3,(H,15,17)(H,16,20). The van der Waals surface area contributed by atoms with Gasteiger partial charge in [-0.05, 0) is 32.4 Å². The maximum atomic E-state index is 12.1.